The quantitative estimate of drug-likeness (QED) is 0.851. The lowest BCUT2D eigenvalue weighted by atomic mass is 9.99. The highest BCUT2D eigenvalue weighted by Gasteiger charge is 2.36. The lowest BCUT2D eigenvalue weighted by Gasteiger charge is -2.17. The molecule has 1 heterocycles. The largest absolute Gasteiger partial charge is 0.337 e. The van der Waals surface area contributed by atoms with E-state index in [1.165, 1.54) is 12.8 Å². The maximum Gasteiger partial charge on any atom is 0.246 e. The first-order valence-corrected chi connectivity index (χ1v) is 6.22. The number of aromatic nitrogens is 2. The first-order chi connectivity index (χ1) is 7.60. The van der Waals surface area contributed by atoms with Crippen molar-refractivity contribution >= 4 is 0 Å². The van der Waals surface area contributed by atoms with E-state index in [2.05, 4.69) is 24.0 Å². The first-order valence-electron chi connectivity index (χ1n) is 6.22. The van der Waals surface area contributed by atoms with Gasteiger partial charge in [0.15, 0.2) is 5.82 Å². The summed E-state index contributed by atoms with van der Waals surface area (Å²) in [7, 11) is 0. The summed E-state index contributed by atoms with van der Waals surface area (Å²) in [6.45, 7) is 4.39. The summed E-state index contributed by atoms with van der Waals surface area (Å²) in [5, 5.41) is 4.01. The minimum Gasteiger partial charge on any atom is -0.337 e. The maximum atomic E-state index is 6.25. The molecule has 0 amide bonds. The number of nitrogens with zero attached hydrogens (tertiary/aromatic N) is 2. The molecule has 1 fully saturated rings. The van der Waals surface area contributed by atoms with Crippen molar-refractivity contribution in [1.82, 2.24) is 10.1 Å². The maximum absolute atomic E-state index is 6.25. The van der Waals surface area contributed by atoms with Crippen LogP contribution in [-0.4, -0.2) is 10.1 Å². The smallest absolute Gasteiger partial charge is 0.246 e. The average molecular weight is 223 g/mol. The molecule has 1 aromatic rings. The fourth-order valence-corrected chi connectivity index (χ4v) is 2.20. The molecule has 90 valence electrons. The highest BCUT2D eigenvalue weighted by atomic mass is 16.5. The number of hydrogen-bond donors (Lipinski definition) is 1. The van der Waals surface area contributed by atoms with Gasteiger partial charge in [-0.25, -0.2) is 0 Å². The van der Waals surface area contributed by atoms with Gasteiger partial charge in [0.2, 0.25) is 5.89 Å². The lowest BCUT2D eigenvalue weighted by Crippen LogP contribution is -2.33. The predicted octanol–water partition coefficient (Wildman–Crippen LogP) is 2.39. The summed E-state index contributed by atoms with van der Waals surface area (Å²) in [5.74, 6) is 2.12. The fourth-order valence-electron chi connectivity index (χ4n) is 2.20. The van der Waals surface area contributed by atoms with Gasteiger partial charge in [-0.15, -0.1) is 0 Å². The summed E-state index contributed by atoms with van der Waals surface area (Å²) < 4.78 is 5.30. The second-order valence-corrected chi connectivity index (χ2v) is 5.31. The second-order valence-electron chi connectivity index (χ2n) is 5.31. The third kappa shape index (κ3) is 2.43. The van der Waals surface area contributed by atoms with E-state index in [0.717, 1.165) is 31.5 Å². The molecule has 0 radical (unpaired) electrons. The van der Waals surface area contributed by atoms with Gasteiger partial charge in [-0.2, -0.15) is 4.98 Å². The fraction of sp³-hybridized carbons (Fsp3) is 0.833. The second kappa shape index (κ2) is 4.53. The molecule has 0 unspecified atom stereocenters. The molecule has 4 nitrogen and oxygen atoms in total. The van der Waals surface area contributed by atoms with Crippen LogP contribution in [0.1, 0.15) is 57.7 Å². The Labute approximate surface area is 96.6 Å². The Bertz CT molecular complexity index is 340. The van der Waals surface area contributed by atoms with Gasteiger partial charge < -0.3 is 10.3 Å². The molecular weight excluding hydrogens is 202 g/mol. The van der Waals surface area contributed by atoms with Crippen LogP contribution in [0.5, 0.6) is 0 Å². The molecule has 0 atom stereocenters. The van der Waals surface area contributed by atoms with Gasteiger partial charge in [0.1, 0.15) is 0 Å². The third-order valence-electron chi connectivity index (χ3n) is 3.34. The molecule has 0 spiro atoms. The summed E-state index contributed by atoms with van der Waals surface area (Å²) >= 11 is 0. The van der Waals surface area contributed by atoms with Gasteiger partial charge >= 0.3 is 0 Å². The van der Waals surface area contributed by atoms with Crippen LogP contribution < -0.4 is 5.73 Å². The number of nitrogens with two attached hydrogens (primary N) is 1. The summed E-state index contributed by atoms with van der Waals surface area (Å²) in [6.07, 6.45) is 6.26. The number of aryl methyl sites for hydroxylation is 1. The van der Waals surface area contributed by atoms with Crippen molar-refractivity contribution in [3.63, 3.8) is 0 Å². The Morgan fingerprint density at radius 2 is 2.06 bits per heavy atom. The van der Waals surface area contributed by atoms with Crippen molar-refractivity contribution in [2.45, 2.75) is 57.9 Å². The monoisotopic (exact) mass is 223 g/mol. The standard InChI is InChI=1S/C12H21N3O/c1-9(2)5-6-10-14-11(16-15-10)12(13)7-3-4-8-12/h9H,3-8,13H2,1-2H3. The predicted molar refractivity (Wildman–Crippen MR) is 61.8 cm³/mol. The van der Waals surface area contributed by atoms with E-state index in [4.69, 9.17) is 10.3 Å². The summed E-state index contributed by atoms with van der Waals surface area (Å²) in [4.78, 5) is 4.43. The first kappa shape index (κ1) is 11.6. The van der Waals surface area contributed by atoms with Crippen LogP contribution in [-0.2, 0) is 12.0 Å². The third-order valence-corrected chi connectivity index (χ3v) is 3.34. The van der Waals surface area contributed by atoms with E-state index in [-0.39, 0.29) is 5.54 Å². The number of hydrogen-bond acceptors (Lipinski definition) is 4. The van der Waals surface area contributed by atoms with Gasteiger partial charge in [-0.05, 0) is 25.2 Å². The molecule has 1 aliphatic rings. The molecule has 1 aromatic heterocycles. The summed E-state index contributed by atoms with van der Waals surface area (Å²) in [5.41, 5.74) is 5.91. The van der Waals surface area contributed by atoms with Crippen LogP contribution in [0.3, 0.4) is 0 Å². The molecule has 0 saturated heterocycles. The van der Waals surface area contributed by atoms with Crippen LogP contribution in [0.2, 0.25) is 0 Å². The van der Waals surface area contributed by atoms with Gasteiger partial charge in [0, 0.05) is 6.42 Å². The zero-order valence-electron chi connectivity index (χ0n) is 10.2. The van der Waals surface area contributed by atoms with E-state index in [9.17, 15) is 0 Å². The Morgan fingerprint density at radius 3 is 2.69 bits per heavy atom. The van der Waals surface area contributed by atoms with Crippen molar-refractivity contribution in [2.24, 2.45) is 11.7 Å². The Hall–Kier alpha value is -0.900. The van der Waals surface area contributed by atoms with Gasteiger partial charge in [-0.1, -0.05) is 31.8 Å². The van der Waals surface area contributed by atoms with Gasteiger partial charge in [0.05, 0.1) is 5.54 Å². The molecule has 0 aromatic carbocycles. The van der Waals surface area contributed by atoms with Gasteiger partial charge in [-0.3, -0.25) is 0 Å². The highest BCUT2D eigenvalue weighted by molar-refractivity contribution is 5.04. The van der Waals surface area contributed by atoms with E-state index in [1.807, 2.05) is 0 Å². The summed E-state index contributed by atoms with van der Waals surface area (Å²) in [6, 6.07) is 0. The minimum atomic E-state index is -0.344. The average Bonchev–Trinajstić information content (AvgIpc) is 2.84. The number of rotatable bonds is 4. The van der Waals surface area contributed by atoms with Crippen LogP contribution in [0, 0.1) is 5.92 Å². The van der Waals surface area contributed by atoms with Crippen LogP contribution in [0.15, 0.2) is 4.52 Å². The molecule has 0 bridgehead atoms. The minimum absolute atomic E-state index is 0.344. The van der Waals surface area contributed by atoms with E-state index < -0.39 is 0 Å². The molecular formula is C12H21N3O. The molecule has 2 rings (SSSR count). The van der Waals surface area contributed by atoms with Crippen molar-refractivity contribution in [3.8, 4) is 0 Å². The van der Waals surface area contributed by atoms with E-state index in [1.54, 1.807) is 0 Å². The van der Waals surface area contributed by atoms with Crippen LogP contribution >= 0.6 is 0 Å². The van der Waals surface area contributed by atoms with Crippen molar-refractivity contribution in [3.05, 3.63) is 11.7 Å². The van der Waals surface area contributed by atoms with Crippen molar-refractivity contribution < 1.29 is 4.52 Å². The normalized spacial score (nSPS) is 19.5. The molecule has 1 saturated carbocycles. The lowest BCUT2D eigenvalue weighted by molar-refractivity contribution is 0.283. The molecule has 0 aliphatic heterocycles. The Kier molecular flexibility index (Phi) is 3.28. The van der Waals surface area contributed by atoms with Crippen molar-refractivity contribution in [1.29, 1.82) is 0 Å². The molecule has 4 heteroatoms. The van der Waals surface area contributed by atoms with Crippen LogP contribution in [0.4, 0.5) is 0 Å². The zero-order chi connectivity index (χ0) is 11.6. The zero-order valence-corrected chi connectivity index (χ0v) is 10.2. The molecule has 2 N–H and O–H groups in total. The Morgan fingerprint density at radius 1 is 1.38 bits per heavy atom. The van der Waals surface area contributed by atoms with E-state index in [0.29, 0.717) is 11.8 Å². The van der Waals surface area contributed by atoms with Crippen molar-refractivity contribution in [2.75, 3.05) is 0 Å². The topological polar surface area (TPSA) is 64.9 Å². The highest BCUT2D eigenvalue weighted by Crippen LogP contribution is 2.35. The molecule has 16 heavy (non-hydrogen) atoms. The van der Waals surface area contributed by atoms with Gasteiger partial charge in [0.25, 0.3) is 0 Å². The molecule has 1 aliphatic carbocycles. The Balaban J connectivity index is 2.01. The SMILES string of the molecule is CC(C)CCc1noc(C2(N)CCCC2)n1. The van der Waals surface area contributed by atoms with Crippen LogP contribution in [0.25, 0.3) is 0 Å². The van der Waals surface area contributed by atoms with E-state index >= 15 is 0 Å².